The number of hydrogen-bond acceptors (Lipinski definition) is 5. The van der Waals surface area contributed by atoms with Gasteiger partial charge in [-0.3, -0.25) is 4.79 Å². The number of carbonyl (C=O) groups is 1. The van der Waals surface area contributed by atoms with Crippen molar-refractivity contribution in [1.82, 2.24) is 15.1 Å². The maximum absolute atomic E-state index is 11.7. The van der Waals surface area contributed by atoms with Crippen molar-refractivity contribution in [2.75, 3.05) is 31.8 Å². The second-order valence-corrected chi connectivity index (χ2v) is 8.83. The van der Waals surface area contributed by atoms with Crippen molar-refractivity contribution in [3.05, 3.63) is 61.0 Å². The van der Waals surface area contributed by atoms with Crippen molar-refractivity contribution >= 4 is 29.2 Å². The molecular formula is C26H37N7O. The Morgan fingerprint density at radius 3 is 2.56 bits per heavy atom. The highest BCUT2D eigenvalue weighted by Crippen LogP contribution is 2.25. The third kappa shape index (κ3) is 6.35. The molecule has 0 atom stereocenters. The van der Waals surface area contributed by atoms with Crippen LogP contribution in [0.1, 0.15) is 39.0 Å². The molecule has 3 N–H and O–H groups in total. The Bertz CT molecular complexity index is 1000. The number of benzene rings is 1. The van der Waals surface area contributed by atoms with Crippen LogP contribution >= 0.6 is 0 Å². The minimum absolute atomic E-state index is 0.250. The Morgan fingerprint density at radius 1 is 1.24 bits per heavy atom. The molecule has 1 aromatic rings. The number of guanidine groups is 2. The molecule has 1 amide bonds. The lowest BCUT2D eigenvalue weighted by Crippen LogP contribution is -2.46. The highest BCUT2D eigenvalue weighted by Gasteiger charge is 2.26. The Morgan fingerprint density at radius 2 is 1.94 bits per heavy atom. The lowest BCUT2D eigenvalue weighted by molar-refractivity contribution is -0.111. The first kappa shape index (κ1) is 25.2. The number of hydrogen-bond donors (Lipinski definition) is 3. The number of rotatable bonds is 7. The zero-order chi connectivity index (χ0) is 24.7. The van der Waals surface area contributed by atoms with E-state index in [1.165, 1.54) is 6.08 Å². The summed E-state index contributed by atoms with van der Waals surface area (Å²) in [6.45, 7) is 9.59. The summed E-state index contributed by atoms with van der Waals surface area (Å²) < 4.78 is 0. The largest absolute Gasteiger partial charge is 0.325 e. The van der Waals surface area contributed by atoms with Gasteiger partial charge in [0.2, 0.25) is 17.8 Å². The average molecular weight is 464 g/mol. The molecule has 0 radical (unpaired) electrons. The van der Waals surface area contributed by atoms with Gasteiger partial charge in [-0.05, 0) is 76.0 Å². The number of aliphatic imine (C=N–C) groups is 2. The highest BCUT2D eigenvalue weighted by atomic mass is 16.1. The maximum Gasteiger partial charge on any atom is 0.247 e. The van der Waals surface area contributed by atoms with Crippen molar-refractivity contribution in [1.29, 1.82) is 0 Å². The fourth-order valence-corrected chi connectivity index (χ4v) is 4.25. The average Bonchev–Trinajstić information content (AvgIpc) is 2.83. The normalized spacial score (nSPS) is 23.1. The quantitative estimate of drug-likeness (QED) is 0.529. The van der Waals surface area contributed by atoms with Gasteiger partial charge in [-0.1, -0.05) is 32.2 Å². The molecule has 1 fully saturated rings. The fraction of sp³-hybridized carbons (Fsp3) is 0.423. The van der Waals surface area contributed by atoms with E-state index < -0.39 is 0 Å². The van der Waals surface area contributed by atoms with E-state index in [1.54, 1.807) is 0 Å². The van der Waals surface area contributed by atoms with Gasteiger partial charge in [-0.25, -0.2) is 4.99 Å². The topological polar surface area (TPSA) is 84.4 Å². The van der Waals surface area contributed by atoms with Crippen LogP contribution in [0.25, 0.3) is 0 Å². The summed E-state index contributed by atoms with van der Waals surface area (Å²) >= 11 is 0. The van der Waals surface area contributed by atoms with Crippen LogP contribution in [-0.4, -0.2) is 60.9 Å². The second-order valence-electron chi connectivity index (χ2n) is 8.83. The summed E-state index contributed by atoms with van der Waals surface area (Å²) in [4.78, 5) is 25.7. The third-order valence-corrected chi connectivity index (χ3v) is 6.30. The van der Waals surface area contributed by atoms with Gasteiger partial charge in [0.1, 0.15) is 5.82 Å². The van der Waals surface area contributed by atoms with Crippen molar-refractivity contribution in [2.45, 2.75) is 51.1 Å². The van der Waals surface area contributed by atoms with Crippen LogP contribution in [0.4, 0.5) is 11.4 Å². The molecule has 182 valence electrons. The maximum atomic E-state index is 11.7. The molecule has 1 aromatic carbocycles. The molecule has 0 unspecified atom stereocenters. The van der Waals surface area contributed by atoms with E-state index in [-0.39, 0.29) is 11.9 Å². The predicted octanol–water partition coefficient (Wildman–Crippen LogP) is 4.15. The standard InChI is InChI=1S/C26H37N7O/c1-7-18(8-2)24-30-25(28-19-13-15-22(16-14-19)32(4)5)31-26(33(24)6)29-21-12-10-11-20(17-21)27-23(34)9-3/h7,9-12,17,19,22H,1,3,8,13-16H2,2,4-6H3,(H,27,34)(H2,28,29,30,31)/b24-18+. The van der Waals surface area contributed by atoms with Crippen LogP contribution in [-0.2, 0) is 4.79 Å². The molecule has 1 aliphatic carbocycles. The lowest BCUT2D eigenvalue weighted by Gasteiger charge is -2.33. The Hall–Kier alpha value is -3.39. The van der Waals surface area contributed by atoms with E-state index in [4.69, 9.17) is 9.98 Å². The van der Waals surface area contributed by atoms with E-state index >= 15 is 0 Å². The van der Waals surface area contributed by atoms with E-state index in [2.05, 4.69) is 55.0 Å². The number of carbonyl (C=O) groups excluding carboxylic acids is 1. The molecule has 1 saturated carbocycles. The molecule has 2 aliphatic rings. The first-order valence-corrected chi connectivity index (χ1v) is 11.8. The minimum Gasteiger partial charge on any atom is -0.325 e. The van der Waals surface area contributed by atoms with Gasteiger partial charge in [0, 0.05) is 24.5 Å². The molecule has 0 spiro atoms. The summed E-state index contributed by atoms with van der Waals surface area (Å²) in [7, 11) is 6.25. The molecule has 0 aromatic heterocycles. The number of allylic oxidation sites excluding steroid dienone is 2. The second kappa shape index (κ2) is 11.7. The van der Waals surface area contributed by atoms with Gasteiger partial charge in [-0.2, -0.15) is 4.99 Å². The molecule has 1 aliphatic heterocycles. The smallest absolute Gasteiger partial charge is 0.247 e. The first-order valence-electron chi connectivity index (χ1n) is 11.8. The van der Waals surface area contributed by atoms with Crippen LogP contribution < -0.4 is 16.0 Å². The Labute approximate surface area is 203 Å². The zero-order valence-corrected chi connectivity index (χ0v) is 20.8. The van der Waals surface area contributed by atoms with Gasteiger partial charge in [0.05, 0.1) is 6.04 Å². The highest BCUT2D eigenvalue weighted by molar-refractivity contribution is 6.06. The van der Waals surface area contributed by atoms with Crippen molar-refractivity contribution < 1.29 is 4.79 Å². The predicted molar refractivity (Wildman–Crippen MR) is 142 cm³/mol. The molecule has 1 heterocycles. The van der Waals surface area contributed by atoms with Crippen LogP contribution in [0.2, 0.25) is 0 Å². The van der Waals surface area contributed by atoms with Gasteiger partial charge < -0.3 is 25.8 Å². The van der Waals surface area contributed by atoms with Crippen LogP contribution in [0.5, 0.6) is 0 Å². The number of nitrogens with zero attached hydrogens (tertiary/aromatic N) is 4. The molecule has 8 heteroatoms. The van der Waals surface area contributed by atoms with Gasteiger partial charge in [0.25, 0.3) is 0 Å². The summed E-state index contributed by atoms with van der Waals surface area (Å²) in [5.74, 6) is 1.91. The molecule has 3 rings (SSSR count). The SMILES string of the molecule is C=CC(=O)Nc1cccc(NC2=NC(=NC3CCC(N(C)C)CC3)N/C(=C(/C=C)CC)N2C)c1. The summed E-state index contributed by atoms with van der Waals surface area (Å²) in [6, 6.07) is 8.36. The van der Waals surface area contributed by atoms with Crippen LogP contribution in [0.15, 0.2) is 71.0 Å². The fourth-order valence-electron chi connectivity index (χ4n) is 4.25. The van der Waals surface area contributed by atoms with E-state index in [1.807, 2.05) is 42.3 Å². The third-order valence-electron chi connectivity index (χ3n) is 6.30. The first-order chi connectivity index (χ1) is 16.3. The molecular weight excluding hydrogens is 426 g/mol. The number of nitrogens with one attached hydrogen (secondary N) is 3. The van der Waals surface area contributed by atoms with E-state index in [9.17, 15) is 4.79 Å². The summed E-state index contributed by atoms with van der Waals surface area (Å²) in [5, 5.41) is 9.60. The zero-order valence-electron chi connectivity index (χ0n) is 20.8. The van der Waals surface area contributed by atoms with Gasteiger partial charge in [0.15, 0.2) is 0 Å². The summed E-state index contributed by atoms with van der Waals surface area (Å²) in [6.07, 6.45) is 8.32. The molecule has 8 nitrogen and oxygen atoms in total. The minimum atomic E-state index is -0.254. The van der Waals surface area contributed by atoms with Crippen LogP contribution in [0, 0.1) is 0 Å². The number of amides is 1. The van der Waals surface area contributed by atoms with Crippen LogP contribution in [0.3, 0.4) is 0 Å². The van der Waals surface area contributed by atoms with Crippen molar-refractivity contribution in [2.24, 2.45) is 9.98 Å². The van der Waals surface area contributed by atoms with Crippen molar-refractivity contribution in [3.63, 3.8) is 0 Å². The molecule has 0 saturated heterocycles. The lowest BCUT2D eigenvalue weighted by atomic mass is 9.91. The molecule has 0 bridgehead atoms. The van der Waals surface area contributed by atoms with Crippen molar-refractivity contribution in [3.8, 4) is 0 Å². The monoisotopic (exact) mass is 463 g/mol. The molecule has 34 heavy (non-hydrogen) atoms. The van der Waals surface area contributed by atoms with Gasteiger partial charge >= 0.3 is 0 Å². The Balaban J connectivity index is 1.88. The van der Waals surface area contributed by atoms with Gasteiger partial charge in [-0.15, -0.1) is 0 Å². The Kier molecular flexibility index (Phi) is 8.65. The summed E-state index contributed by atoms with van der Waals surface area (Å²) in [5.41, 5.74) is 2.55. The number of anilines is 2. The van der Waals surface area contributed by atoms with E-state index in [0.717, 1.165) is 49.2 Å². The van der Waals surface area contributed by atoms with E-state index in [0.29, 0.717) is 23.6 Å².